The molecule has 2 heterocycles. The van der Waals surface area contributed by atoms with E-state index in [0.717, 1.165) is 22.5 Å². The molecule has 1 aromatic carbocycles. The van der Waals surface area contributed by atoms with E-state index in [2.05, 4.69) is 30.1 Å². The number of aromatic nitrogens is 2. The summed E-state index contributed by atoms with van der Waals surface area (Å²) in [5.41, 5.74) is 5.35. The van der Waals surface area contributed by atoms with Crippen LogP contribution in [0, 0.1) is 6.92 Å². The van der Waals surface area contributed by atoms with Gasteiger partial charge in [-0.15, -0.1) is 0 Å². The zero-order valence-corrected chi connectivity index (χ0v) is 10.7. The van der Waals surface area contributed by atoms with Crippen LogP contribution in [0.4, 0.5) is 0 Å². The summed E-state index contributed by atoms with van der Waals surface area (Å²) in [5, 5.41) is 0. The summed E-state index contributed by atoms with van der Waals surface area (Å²) in [7, 11) is 0. The fraction of sp³-hybridized carbons (Fsp3) is 0.0588. The van der Waals surface area contributed by atoms with Gasteiger partial charge in [-0.05, 0) is 30.7 Å². The second-order valence-corrected chi connectivity index (χ2v) is 4.47. The van der Waals surface area contributed by atoms with Gasteiger partial charge in [-0.25, -0.2) is 4.98 Å². The van der Waals surface area contributed by atoms with Gasteiger partial charge in [-0.2, -0.15) is 0 Å². The number of benzene rings is 1. The molecule has 0 saturated carbocycles. The molecular formula is C17H14N2. The average Bonchev–Trinajstić information content (AvgIpc) is 2.49. The maximum Gasteiger partial charge on any atom is 0.0738 e. The third-order valence-electron chi connectivity index (χ3n) is 3.10. The maximum atomic E-state index is 4.77. The summed E-state index contributed by atoms with van der Waals surface area (Å²) in [6, 6.07) is 18.4. The van der Waals surface area contributed by atoms with Crippen LogP contribution in [-0.2, 0) is 0 Å². The highest BCUT2D eigenvalue weighted by Gasteiger charge is 2.06. The fourth-order valence-corrected chi connectivity index (χ4v) is 2.09. The minimum Gasteiger partial charge on any atom is -0.264 e. The van der Waals surface area contributed by atoms with Crippen LogP contribution in [0.2, 0.25) is 0 Å². The Bertz CT molecular complexity index is 676. The first-order valence-corrected chi connectivity index (χ1v) is 6.28. The van der Waals surface area contributed by atoms with Gasteiger partial charge in [-0.1, -0.05) is 36.4 Å². The molecule has 2 aromatic heterocycles. The molecule has 2 nitrogen and oxygen atoms in total. The molecule has 3 aromatic rings. The quantitative estimate of drug-likeness (QED) is 0.679. The Labute approximate surface area is 112 Å². The van der Waals surface area contributed by atoms with Gasteiger partial charge in [0.05, 0.1) is 11.4 Å². The van der Waals surface area contributed by atoms with Gasteiger partial charge >= 0.3 is 0 Å². The van der Waals surface area contributed by atoms with E-state index in [4.69, 9.17) is 4.98 Å². The fourth-order valence-electron chi connectivity index (χ4n) is 2.09. The molecule has 2 heteroatoms. The summed E-state index contributed by atoms with van der Waals surface area (Å²) in [5.74, 6) is 0. The monoisotopic (exact) mass is 246 g/mol. The van der Waals surface area contributed by atoms with E-state index in [9.17, 15) is 0 Å². The summed E-state index contributed by atoms with van der Waals surface area (Å²) >= 11 is 0. The standard InChI is InChI=1S/C17H14N2/c1-13-9-10-16(15-8-5-11-18-12-15)19-17(13)14-6-3-2-4-7-14/h2-12H,1H3. The van der Waals surface area contributed by atoms with E-state index in [1.165, 1.54) is 5.56 Å². The SMILES string of the molecule is Cc1ccc(-c2cccnc2)nc1-c1ccccc1. The second kappa shape index (κ2) is 5.02. The molecule has 3 rings (SSSR count). The molecular weight excluding hydrogens is 232 g/mol. The van der Waals surface area contributed by atoms with E-state index in [-0.39, 0.29) is 0 Å². The van der Waals surface area contributed by atoms with Crippen molar-refractivity contribution in [3.8, 4) is 22.5 Å². The first-order chi connectivity index (χ1) is 9.34. The van der Waals surface area contributed by atoms with Crippen LogP contribution in [0.5, 0.6) is 0 Å². The minimum atomic E-state index is 0.956. The molecule has 0 radical (unpaired) electrons. The summed E-state index contributed by atoms with van der Waals surface area (Å²) in [6.45, 7) is 2.09. The predicted molar refractivity (Wildman–Crippen MR) is 77.6 cm³/mol. The Morgan fingerprint density at radius 2 is 1.58 bits per heavy atom. The Morgan fingerprint density at radius 3 is 2.32 bits per heavy atom. The lowest BCUT2D eigenvalue weighted by Gasteiger charge is -2.08. The van der Waals surface area contributed by atoms with Crippen LogP contribution in [0.15, 0.2) is 67.0 Å². The summed E-state index contributed by atoms with van der Waals surface area (Å²) in [6.07, 6.45) is 3.61. The van der Waals surface area contributed by atoms with E-state index in [1.807, 2.05) is 42.6 Å². The van der Waals surface area contributed by atoms with Crippen molar-refractivity contribution >= 4 is 0 Å². The molecule has 0 unspecified atom stereocenters. The average molecular weight is 246 g/mol. The molecule has 19 heavy (non-hydrogen) atoms. The highest BCUT2D eigenvalue weighted by molar-refractivity contribution is 5.68. The van der Waals surface area contributed by atoms with Crippen molar-refractivity contribution in [2.24, 2.45) is 0 Å². The number of hydrogen-bond acceptors (Lipinski definition) is 2. The van der Waals surface area contributed by atoms with Gasteiger partial charge in [0.25, 0.3) is 0 Å². The molecule has 0 atom stereocenters. The van der Waals surface area contributed by atoms with Crippen molar-refractivity contribution in [2.75, 3.05) is 0 Å². The summed E-state index contributed by atoms with van der Waals surface area (Å²) < 4.78 is 0. The van der Waals surface area contributed by atoms with Gasteiger partial charge in [-0.3, -0.25) is 4.98 Å². The van der Waals surface area contributed by atoms with Crippen LogP contribution in [0.25, 0.3) is 22.5 Å². The van der Waals surface area contributed by atoms with Crippen molar-refractivity contribution in [1.29, 1.82) is 0 Å². The number of pyridine rings is 2. The lowest BCUT2D eigenvalue weighted by atomic mass is 10.0. The zero-order valence-electron chi connectivity index (χ0n) is 10.7. The molecule has 92 valence electrons. The normalized spacial score (nSPS) is 10.4. The van der Waals surface area contributed by atoms with Gasteiger partial charge in [0, 0.05) is 23.5 Å². The molecule has 0 aliphatic carbocycles. The van der Waals surface area contributed by atoms with E-state index < -0.39 is 0 Å². The zero-order chi connectivity index (χ0) is 13.1. The molecule has 0 N–H and O–H groups in total. The molecule has 0 fully saturated rings. The summed E-state index contributed by atoms with van der Waals surface area (Å²) in [4.78, 5) is 8.92. The first-order valence-electron chi connectivity index (χ1n) is 6.28. The Hall–Kier alpha value is -2.48. The minimum absolute atomic E-state index is 0.956. The predicted octanol–water partition coefficient (Wildman–Crippen LogP) is 4.12. The molecule has 0 spiro atoms. The van der Waals surface area contributed by atoms with Crippen molar-refractivity contribution in [3.63, 3.8) is 0 Å². The molecule has 0 aliphatic rings. The van der Waals surface area contributed by atoms with Crippen molar-refractivity contribution in [3.05, 3.63) is 72.6 Å². The van der Waals surface area contributed by atoms with Gasteiger partial charge in [0.2, 0.25) is 0 Å². The number of rotatable bonds is 2. The van der Waals surface area contributed by atoms with Crippen LogP contribution >= 0.6 is 0 Å². The largest absolute Gasteiger partial charge is 0.264 e. The topological polar surface area (TPSA) is 25.8 Å². The first kappa shape index (κ1) is 11.6. The van der Waals surface area contributed by atoms with Gasteiger partial charge < -0.3 is 0 Å². The number of hydrogen-bond donors (Lipinski definition) is 0. The molecule has 0 saturated heterocycles. The number of nitrogens with zero attached hydrogens (tertiary/aromatic N) is 2. The highest BCUT2D eigenvalue weighted by atomic mass is 14.7. The molecule has 0 aliphatic heterocycles. The highest BCUT2D eigenvalue weighted by Crippen LogP contribution is 2.25. The van der Waals surface area contributed by atoms with Crippen LogP contribution in [0.3, 0.4) is 0 Å². The lowest BCUT2D eigenvalue weighted by molar-refractivity contribution is 1.25. The third-order valence-corrected chi connectivity index (χ3v) is 3.10. The lowest BCUT2D eigenvalue weighted by Crippen LogP contribution is -1.91. The van der Waals surface area contributed by atoms with Gasteiger partial charge in [0.15, 0.2) is 0 Å². The van der Waals surface area contributed by atoms with Gasteiger partial charge in [0.1, 0.15) is 0 Å². The molecule has 0 amide bonds. The van der Waals surface area contributed by atoms with Crippen molar-refractivity contribution < 1.29 is 0 Å². The van der Waals surface area contributed by atoms with Crippen molar-refractivity contribution in [2.45, 2.75) is 6.92 Å². The Morgan fingerprint density at radius 1 is 0.789 bits per heavy atom. The number of aryl methyl sites for hydroxylation is 1. The molecule has 0 bridgehead atoms. The Kier molecular flexibility index (Phi) is 3.07. The second-order valence-electron chi connectivity index (χ2n) is 4.47. The van der Waals surface area contributed by atoms with Crippen molar-refractivity contribution in [1.82, 2.24) is 9.97 Å². The van der Waals surface area contributed by atoms with E-state index >= 15 is 0 Å². The van der Waals surface area contributed by atoms with Crippen LogP contribution in [-0.4, -0.2) is 9.97 Å². The smallest absolute Gasteiger partial charge is 0.0738 e. The Balaban J connectivity index is 2.12. The van der Waals surface area contributed by atoms with E-state index in [1.54, 1.807) is 6.20 Å². The van der Waals surface area contributed by atoms with Crippen LogP contribution < -0.4 is 0 Å². The maximum absolute atomic E-state index is 4.77. The third kappa shape index (κ3) is 2.38. The van der Waals surface area contributed by atoms with Crippen LogP contribution in [0.1, 0.15) is 5.56 Å². The van der Waals surface area contributed by atoms with E-state index in [0.29, 0.717) is 0 Å².